The van der Waals surface area contributed by atoms with Crippen molar-refractivity contribution in [1.29, 1.82) is 0 Å². The van der Waals surface area contributed by atoms with Crippen molar-refractivity contribution in [3.05, 3.63) is 42.5 Å². The molecule has 1 N–H and O–H groups in total. The lowest BCUT2D eigenvalue weighted by Gasteiger charge is -2.03. The van der Waals surface area contributed by atoms with Crippen LogP contribution in [0.3, 0.4) is 0 Å². The fourth-order valence-electron chi connectivity index (χ4n) is 2.42. The van der Waals surface area contributed by atoms with E-state index in [1.807, 2.05) is 31.3 Å². The number of anilines is 1. The van der Waals surface area contributed by atoms with Crippen LogP contribution in [0, 0.1) is 6.92 Å². The molecular weight excluding hydrogens is 297 g/mol. The lowest BCUT2D eigenvalue weighted by atomic mass is 10.1. The molecule has 0 spiro atoms. The van der Waals surface area contributed by atoms with E-state index < -0.39 is 11.6 Å². The number of nitrogens with zero attached hydrogens (tertiary/aromatic N) is 4. The number of halogens is 1. The molecular formula is C16H14FN5O. The minimum atomic E-state index is -1.71. The second kappa shape index (κ2) is 4.84. The van der Waals surface area contributed by atoms with Gasteiger partial charge in [-0.15, -0.1) is 0 Å². The molecule has 3 aromatic heterocycles. The minimum Gasteiger partial charge on any atom is -0.307 e. The van der Waals surface area contributed by atoms with Gasteiger partial charge in [0.25, 0.3) is 5.91 Å². The van der Waals surface area contributed by atoms with Crippen molar-refractivity contribution >= 4 is 17.4 Å². The number of alkyl halides is 1. The molecule has 0 saturated heterocycles. The molecule has 1 aliphatic carbocycles. The van der Waals surface area contributed by atoms with Crippen LogP contribution in [0.25, 0.3) is 16.8 Å². The van der Waals surface area contributed by atoms with Crippen LogP contribution in [0.5, 0.6) is 0 Å². The van der Waals surface area contributed by atoms with E-state index in [-0.39, 0.29) is 12.8 Å². The van der Waals surface area contributed by atoms with E-state index in [1.165, 1.54) is 0 Å². The molecule has 1 amide bonds. The summed E-state index contributed by atoms with van der Waals surface area (Å²) in [7, 11) is 0. The summed E-state index contributed by atoms with van der Waals surface area (Å²) in [4.78, 5) is 16.0. The quantitative estimate of drug-likeness (QED) is 0.807. The van der Waals surface area contributed by atoms with E-state index in [9.17, 15) is 9.18 Å². The van der Waals surface area contributed by atoms with Gasteiger partial charge in [0.05, 0.1) is 18.1 Å². The van der Waals surface area contributed by atoms with E-state index in [0.29, 0.717) is 11.5 Å². The van der Waals surface area contributed by atoms with Crippen LogP contribution in [0.15, 0.2) is 36.8 Å². The molecule has 0 aliphatic heterocycles. The first-order valence-electron chi connectivity index (χ1n) is 7.32. The number of aromatic nitrogens is 4. The summed E-state index contributed by atoms with van der Waals surface area (Å²) in [6.45, 7) is 1.88. The lowest BCUT2D eigenvalue weighted by Crippen LogP contribution is -2.25. The van der Waals surface area contributed by atoms with Gasteiger partial charge in [0.15, 0.2) is 11.5 Å². The van der Waals surface area contributed by atoms with Gasteiger partial charge < -0.3 is 9.72 Å². The normalized spacial score (nSPS) is 15.6. The van der Waals surface area contributed by atoms with Crippen LogP contribution in [0.4, 0.5) is 10.2 Å². The lowest BCUT2D eigenvalue weighted by molar-refractivity contribution is -0.122. The molecule has 116 valence electrons. The summed E-state index contributed by atoms with van der Waals surface area (Å²) < 4.78 is 15.5. The topological polar surface area (TPSA) is 72.2 Å². The van der Waals surface area contributed by atoms with Gasteiger partial charge in [-0.3, -0.25) is 4.79 Å². The number of carbonyl (C=O) groups is 1. The number of imidazole rings is 1. The van der Waals surface area contributed by atoms with Crippen molar-refractivity contribution in [3.63, 3.8) is 0 Å². The monoisotopic (exact) mass is 311 g/mol. The van der Waals surface area contributed by atoms with Gasteiger partial charge in [0.1, 0.15) is 5.65 Å². The van der Waals surface area contributed by atoms with Crippen molar-refractivity contribution in [1.82, 2.24) is 19.6 Å². The molecule has 3 aromatic rings. The maximum atomic E-state index is 13.7. The Hall–Kier alpha value is -2.83. The fraction of sp³-hybridized carbons (Fsp3) is 0.250. The summed E-state index contributed by atoms with van der Waals surface area (Å²) in [6, 6.07) is 5.69. The van der Waals surface area contributed by atoms with Gasteiger partial charge in [0, 0.05) is 17.3 Å². The molecule has 1 saturated carbocycles. The zero-order valence-corrected chi connectivity index (χ0v) is 12.5. The molecule has 4 rings (SSSR count). The Labute approximate surface area is 131 Å². The van der Waals surface area contributed by atoms with Gasteiger partial charge >= 0.3 is 0 Å². The molecule has 23 heavy (non-hydrogen) atoms. The maximum Gasteiger partial charge on any atom is 0.263 e. The van der Waals surface area contributed by atoms with Crippen molar-refractivity contribution in [2.24, 2.45) is 0 Å². The highest BCUT2D eigenvalue weighted by Crippen LogP contribution is 2.40. The highest BCUT2D eigenvalue weighted by atomic mass is 19.1. The molecule has 0 unspecified atom stereocenters. The van der Waals surface area contributed by atoms with Crippen molar-refractivity contribution in [2.75, 3.05) is 5.32 Å². The van der Waals surface area contributed by atoms with E-state index >= 15 is 0 Å². The number of hydrogen-bond acceptors (Lipinski definition) is 4. The number of amides is 1. The minimum absolute atomic E-state index is 0.282. The number of nitrogens with one attached hydrogen (secondary N) is 1. The van der Waals surface area contributed by atoms with Gasteiger partial charge in [-0.2, -0.15) is 10.2 Å². The maximum absolute atomic E-state index is 13.7. The van der Waals surface area contributed by atoms with Gasteiger partial charge in [-0.05, 0) is 38.0 Å². The Balaban J connectivity index is 1.65. The SMILES string of the molecule is Cc1cc(-c2ccc3nc(NC(=O)C4(F)CC4)cn3c2)cnn1. The first-order valence-corrected chi connectivity index (χ1v) is 7.32. The Morgan fingerprint density at radius 1 is 1.30 bits per heavy atom. The Bertz CT molecular complexity index is 916. The Morgan fingerprint density at radius 3 is 2.87 bits per heavy atom. The molecule has 0 aromatic carbocycles. The first-order chi connectivity index (χ1) is 11.0. The van der Waals surface area contributed by atoms with E-state index in [4.69, 9.17) is 0 Å². The molecule has 0 atom stereocenters. The smallest absolute Gasteiger partial charge is 0.263 e. The third kappa shape index (κ3) is 2.54. The third-order valence-corrected chi connectivity index (χ3v) is 3.90. The molecule has 1 fully saturated rings. The zero-order valence-electron chi connectivity index (χ0n) is 12.5. The van der Waals surface area contributed by atoms with Crippen LogP contribution < -0.4 is 5.32 Å². The zero-order chi connectivity index (χ0) is 16.0. The standard InChI is InChI=1S/C16H14FN5O/c1-10-6-12(7-18-21-10)11-2-3-14-19-13(9-22(14)8-11)20-15(23)16(17)4-5-16/h2-3,6-9H,4-5H2,1H3,(H,20,23). The van der Waals surface area contributed by atoms with Gasteiger partial charge in [-0.25, -0.2) is 9.37 Å². The number of fused-ring (bicyclic) bond motifs is 1. The predicted molar refractivity (Wildman–Crippen MR) is 82.7 cm³/mol. The van der Waals surface area contributed by atoms with Gasteiger partial charge in [-0.1, -0.05) is 0 Å². The summed E-state index contributed by atoms with van der Waals surface area (Å²) in [6.07, 6.45) is 5.81. The van der Waals surface area contributed by atoms with Crippen LogP contribution in [0.1, 0.15) is 18.5 Å². The summed E-state index contributed by atoms with van der Waals surface area (Å²) in [5.74, 6) is -0.268. The number of carbonyl (C=O) groups excluding carboxylic acids is 1. The predicted octanol–water partition coefficient (Wildman–Crippen LogP) is 2.54. The van der Waals surface area contributed by atoms with Crippen molar-refractivity contribution < 1.29 is 9.18 Å². The molecule has 6 nitrogen and oxygen atoms in total. The molecule has 1 aliphatic rings. The summed E-state index contributed by atoms with van der Waals surface area (Å²) >= 11 is 0. The van der Waals surface area contributed by atoms with Crippen LogP contribution in [0.2, 0.25) is 0 Å². The van der Waals surface area contributed by atoms with Crippen LogP contribution in [-0.2, 0) is 4.79 Å². The van der Waals surface area contributed by atoms with Gasteiger partial charge in [0.2, 0.25) is 0 Å². The average Bonchev–Trinajstić information content (AvgIpc) is 3.16. The number of hydrogen-bond donors (Lipinski definition) is 1. The Morgan fingerprint density at radius 2 is 2.13 bits per heavy atom. The van der Waals surface area contributed by atoms with Crippen LogP contribution >= 0.6 is 0 Å². The molecule has 0 bridgehead atoms. The first kappa shape index (κ1) is 13.8. The van der Waals surface area contributed by atoms with Crippen molar-refractivity contribution in [3.8, 4) is 11.1 Å². The highest BCUT2D eigenvalue weighted by Gasteiger charge is 2.51. The summed E-state index contributed by atoms with van der Waals surface area (Å²) in [5, 5.41) is 10.4. The largest absolute Gasteiger partial charge is 0.307 e. The number of pyridine rings is 1. The average molecular weight is 311 g/mol. The second-order valence-electron chi connectivity index (χ2n) is 5.81. The third-order valence-electron chi connectivity index (χ3n) is 3.90. The molecule has 3 heterocycles. The number of aryl methyl sites for hydroxylation is 1. The van der Waals surface area contributed by atoms with Crippen LogP contribution in [-0.4, -0.2) is 31.2 Å². The van der Waals surface area contributed by atoms with E-state index in [1.54, 1.807) is 16.8 Å². The Kier molecular flexibility index (Phi) is 2.90. The van der Waals surface area contributed by atoms with Crippen molar-refractivity contribution in [2.45, 2.75) is 25.4 Å². The second-order valence-corrected chi connectivity index (χ2v) is 5.81. The molecule has 7 heteroatoms. The van der Waals surface area contributed by atoms with E-state index in [2.05, 4.69) is 20.5 Å². The highest BCUT2D eigenvalue weighted by molar-refractivity contribution is 5.98. The molecule has 0 radical (unpaired) electrons. The number of rotatable bonds is 3. The van der Waals surface area contributed by atoms with E-state index in [0.717, 1.165) is 16.8 Å². The fourth-order valence-corrected chi connectivity index (χ4v) is 2.42. The summed E-state index contributed by atoms with van der Waals surface area (Å²) in [5.41, 5.74) is 1.70.